The maximum atomic E-state index is 8.81. The second-order valence-electron chi connectivity index (χ2n) is 0.285. The van der Waals surface area contributed by atoms with Crippen LogP contribution in [-0.2, 0) is 10.9 Å². The van der Waals surface area contributed by atoms with E-state index in [1.54, 1.807) is 0 Å². The van der Waals surface area contributed by atoms with Gasteiger partial charge in [0.05, 0.1) is 0 Å². The van der Waals surface area contributed by atoms with Crippen molar-refractivity contribution in [2.75, 3.05) is 0 Å². The molecule has 0 saturated heterocycles. The maximum Gasteiger partial charge on any atom is 0.198 e. The Morgan fingerprint density at radius 3 is 1.50 bits per heavy atom. The van der Waals surface area contributed by atoms with E-state index in [0.717, 1.165) is 0 Å². The van der Waals surface area contributed by atoms with Gasteiger partial charge in [-0.1, -0.05) is 0 Å². The van der Waals surface area contributed by atoms with Gasteiger partial charge in [-0.2, -0.15) is 0 Å². The van der Waals surface area contributed by atoms with E-state index in [9.17, 15) is 0 Å². The Kier molecular flexibility index (Phi) is 1.23. The van der Waals surface area contributed by atoms with Crippen molar-refractivity contribution in [2.45, 2.75) is 0 Å². The summed E-state index contributed by atoms with van der Waals surface area (Å²) < 4.78 is 17.6. The predicted molar refractivity (Wildman–Crippen MR) is 14.5 cm³/mol. The highest BCUT2D eigenvalue weighted by Gasteiger charge is 1.42. The quantitative estimate of drug-likeness (QED) is 0.347. The molecule has 0 saturated carbocycles. The van der Waals surface area contributed by atoms with Crippen molar-refractivity contribution < 1.29 is 8.42 Å². The van der Waals surface area contributed by atoms with Gasteiger partial charge >= 0.3 is 0 Å². The van der Waals surface area contributed by atoms with Gasteiger partial charge in [0, 0.05) is 0 Å². The molecule has 0 aromatic rings. The third-order valence-electron chi connectivity index (χ3n) is 0. The van der Waals surface area contributed by atoms with Crippen molar-refractivity contribution >= 4 is 10.9 Å². The summed E-state index contributed by atoms with van der Waals surface area (Å²) in [7, 11) is -2.62. The second kappa shape index (κ2) is 1.25. The summed E-state index contributed by atoms with van der Waals surface area (Å²) in [6, 6.07) is 0. The van der Waals surface area contributed by atoms with Crippen molar-refractivity contribution in [2.24, 2.45) is 5.14 Å². The highest BCUT2D eigenvalue weighted by atomic mass is 32.2. The third kappa shape index (κ3) is 195. The molecule has 2 N–H and O–H groups in total. The molecule has 0 atom stereocenters. The van der Waals surface area contributed by atoms with Crippen molar-refractivity contribution in [3.63, 3.8) is 0 Å². The van der Waals surface area contributed by atoms with E-state index in [4.69, 9.17) is 8.42 Å². The van der Waals surface area contributed by atoms with Gasteiger partial charge < -0.3 is 0 Å². The topological polar surface area (TPSA) is 60.2 Å². The van der Waals surface area contributed by atoms with Gasteiger partial charge in [-0.15, -0.1) is 0 Å². The molecule has 0 aromatic carbocycles. The zero-order chi connectivity index (χ0) is 3.58. The number of hydrogen-bond donors (Lipinski definition) is 2. The van der Waals surface area contributed by atoms with Crippen LogP contribution in [0.15, 0.2) is 0 Å². The second-order valence-corrected chi connectivity index (χ2v) is 0.856. The normalized spacial score (nSPS) is 8.50. The third-order valence-corrected chi connectivity index (χ3v) is 0. The van der Waals surface area contributed by atoms with Crippen molar-refractivity contribution in [3.8, 4) is 0 Å². The number of hydrogen-bond acceptors (Lipinski definition) is 2. The fraction of sp³-hybridized carbons (Fsp3) is 0. The lowest BCUT2D eigenvalue weighted by molar-refractivity contribution is 0.616. The first kappa shape index (κ1) is 3.91. The van der Waals surface area contributed by atoms with Gasteiger partial charge in [-0.25, -0.2) is 13.6 Å². The monoisotopic (exact) mass is 81.0 g/mol. The minimum absolute atomic E-state index is 2.62. The van der Waals surface area contributed by atoms with Crippen molar-refractivity contribution in [3.05, 3.63) is 0 Å². The molecule has 0 aromatic heterocycles. The first-order chi connectivity index (χ1) is 1.73. The Morgan fingerprint density at radius 1 is 1.50 bits per heavy atom. The summed E-state index contributed by atoms with van der Waals surface area (Å²) in [5.41, 5.74) is 0. The lowest BCUT2D eigenvalue weighted by Gasteiger charge is -1.44. The van der Waals surface area contributed by atoms with Crippen LogP contribution < -0.4 is 5.14 Å². The molecule has 0 unspecified atom stereocenters. The predicted octanol–water partition coefficient (Wildman–Crippen LogP) is -1.53. The standard InChI is InChI=1S/H3NO2S/c1-4(2)3/h4H,(H2,1,2,3). The average Bonchev–Trinajstić information content (AvgIpc) is 0.811. The summed E-state index contributed by atoms with van der Waals surface area (Å²) in [6.07, 6.45) is 0. The van der Waals surface area contributed by atoms with Crippen LogP contribution in [0.1, 0.15) is 0 Å². The lowest BCUT2D eigenvalue weighted by Crippen LogP contribution is -1.85. The molecule has 0 aliphatic rings. The molecule has 4 heteroatoms. The molecule has 26 valence electrons. The Hall–Kier alpha value is -0.0900. The molecule has 0 rings (SSSR count). The van der Waals surface area contributed by atoms with Crippen LogP contribution in [0.5, 0.6) is 0 Å². The fourth-order valence-corrected chi connectivity index (χ4v) is 0. The molecule has 4 heavy (non-hydrogen) atoms. The summed E-state index contributed by atoms with van der Waals surface area (Å²) >= 11 is 0. The molecular formula is H3NO2S. The van der Waals surface area contributed by atoms with E-state index in [1.165, 1.54) is 0 Å². The van der Waals surface area contributed by atoms with Crippen LogP contribution in [-0.4, -0.2) is 8.42 Å². The van der Waals surface area contributed by atoms with E-state index >= 15 is 0 Å². The molecule has 0 aliphatic carbocycles. The first-order valence-corrected chi connectivity index (χ1v) is 1.87. The van der Waals surface area contributed by atoms with Gasteiger partial charge in [0.2, 0.25) is 0 Å². The molecule has 0 amide bonds. The average molecular weight is 81.1 g/mol. The molecular weight excluding hydrogens is 78.1 g/mol. The smallest absolute Gasteiger partial charge is 0.198 e. The van der Waals surface area contributed by atoms with Gasteiger partial charge in [0.1, 0.15) is 0 Å². The zero-order valence-electron chi connectivity index (χ0n) is 1.84. The molecule has 0 heterocycles. The SMILES string of the molecule is N[SH](=O)=O. The fourth-order valence-electron chi connectivity index (χ4n) is 0. The first-order valence-electron chi connectivity index (χ1n) is 0.623. The summed E-state index contributed by atoms with van der Waals surface area (Å²) in [4.78, 5) is 0. The molecule has 0 radical (unpaired) electrons. The molecule has 0 aliphatic heterocycles. The summed E-state index contributed by atoms with van der Waals surface area (Å²) in [5, 5.41) is 4.06. The van der Waals surface area contributed by atoms with Gasteiger partial charge in [0.15, 0.2) is 10.9 Å². The Labute approximate surface area is 25.5 Å². The number of nitrogens with two attached hydrogens (primary N) is 1. The van der Waals surface area contributed by atoms with Crippen molar-refractivity contribution in [1.29, 1.82) is 0 Å². The summed E-state index contributed by atoms with van der Waals surface area (Å²) in [6.45, 7) is 0. The van der Waals surface area contributed by atoms with Crippen LogP contribution >= 0.6 is 0 Å². The van der Waals surface area contributed by atoms with Crippen LogP contribution in [0.3, 0.4) is 0 Å². The summed E-state index contributed by atoms with van der Waals surface area (Å²) in [5.74, 6) is 0. The van der Waals surface area contributed by atoms with E-state index < -0.39 is 10.9 Å². The van der Waals surface area contributed by atoms with E-state index in [1.807, 2.05) is 0 Å². The lowest BCUT2D eigenvalue weighted by atomic mass is 14.0. The highest BCUT2D eigenvalue weighted by molar-refractivity contribution is 7.69. The van der Waals surface area contributed by atoms with Gasteiger partial charge in [-0.3, -0.25) is 0 Å². The number of rotatable bonds is 0. The maximum absolute atomic E-state index is 8.81. The van der Waals surface area contributed by atoms with Crippen LogP contribution in [0.2, 0.25) is 0 Å². The van der Waals surface area contributed by atoms with Crippen LogP contribution in [0.4, 0.5) is 0 Å². The Morgan fingerprint density at radius 2 is 1.50 bits per heavy atom. The van der Waals surface area contributed by atoms with Crippen LogP contribution in [0.25, 0.3) is 0 Å². The number of thiol groups is 1. The van der Waals surface area contributed by atoms with E-state index in [2.05, 4.69) is 5.14 Å². The van der Waals surface area contributed by atoms with Crippen LogP contribution in [0, 0.1) is 0 Å². The van der Waals surface area contributed by atoms with Gasteiger partial charge in [-0.05, 0) is 0 Å². The van der Waals surface area contributed by atoms with Gasteiger partial charge in [0.25, 0.3) is 0 Å². The Balaban J connectivity index is 3.51. The molecule has 0 spiro atoms. The zero-order valence-corrected chi connectivity index (χ0v) is 2.74. The van der Waals surface area contributed by atoms with E-state index in [-0.39, 0.29) is 0 Å². The molecule has 0 fully saturated rings. The van der Waals surface area contributed by atoms with E-state index in [0.29, 0.717) is 0 Å². The highest BCUT2D eigenvalue weighted by Crippen LogP contribution is 1.14. The minimum Gasteiger partial charge on any atom is -0.231 e. The largest absolute Gasteiger partial charge is 0.231 e. The van der Waals surface area contributed by atoms with Crippen molar-refractivity contribution in [1.82, 2.24) is 0 Å². The minimum atomic E-state index is -2.62. The molecule has 0 bridgehead atoms. The Bertz CT molecular complexity index is 54.4. The molecule has 3 nitrogen and oxygen atoms in total.